The minimum Gasteiger partial charge on any atom is -0.461 e. The highest BCUT2D eigenvalue weighted by atomic mass is 19.1. The summed E-state index contributed by atoms with van der Waals surface area (Å²) in [6.07, 6.45) is 0. The number of rotatable bonds is 3. The zero-order chi connectivity index (χ0) is 13.1. The van der Waals surface area contributed by atoms with E-state index < -0.39 is 11.8 Å². The Balaban J connectivity index is 2.42. The number of benzene rings is 1. The van der Waals surface area contributed by atoms with Gasteiger partial charge in [0.15, 0.2) is 5.69 Å². The summed E-state index contributed by atoms with van der Waals surface area (Å²) >= 11 is 0. The SMILES string of the molecule is CCOC(=O)c1cc(N)n(-c2ccccc2F)n1. The van der Waals surface area contributed by atoms with Gasteiger partial charge >= 0.3 is 5.97 Å². The first-order valence-corrected chi connectivity index (χ1v) is 5.41. The molecule has 1 aromatic heterocycles. The standard InChI is InChI=1S/C12H12FN3O2/c1-2-18-12(17)9-7-11(14)16(15-9)10-6-4-3-5-8(10)13/h3-7H,2,14H2,1H3. The molecule has 6 heteroatoms. The molecule has 0 unspecified atom stereocenters. The van der Waals surface area contributed by atoms with Crippen LogP contribution in [0.25, 0.3) is 5.69 Å². The molecule has 0 aliphatic carbocycles. The van der Waals surface area contributed by atoms with Crippen molar-refractivity contribution in [2.75, 3.05) is 12.3 Å². The van der Waals surface area contributed by atoms with Gasteiger partial charge in [0.2, 0.25) is 0 Å². The molecule has 0 saturated heterocycles. The maximum atomic E-state index is 13.6. The number of para-hydroxylation sites is 1. The monoisotopic (exact) mass is 249 g/mol. The van der Waals surface area contributed by atoms with Crippen molar-refractivity contribution < 1.29 is 13.9 Å². The Hall–Kier alpha value is -2.37. The lowest BCUT2D eigenvalue weighted by molar-refractivity contribution is 0.0519. The zero-order valence-corrected chi connectivity index (χ0v) is 9.76. The van der Waals surface area contributed by atoms with Crippen LogP contribution in [0, 0.1) is 5.82 Å². The van der Waals surface area contributed by atoms with E-state index in [0.717, 1.165) is 0 Å². The van der Waals surface area contributed by atoms with Crippen molar-refractivity contribution >= 4 is 11.8 Å². The number of esters is 1. The maximum Gasteiger partial charge on any atom is 0.358 e. The van der Waals surface area contributed by atoms with Gasteiger partial charge in [-0.15, -0.1) is 0 Å². The second kappa shape index (κ2) is 4.87. The normalized spacial score (nSPS) is 10.3. The zero-order valence-electron chi connectivity index (χ0n) is 9.76. The number of nitrogen functional groups attached to an aromatic ring is 1. The van der Waals surface area contributed by atoms with Crippen LogP contribution in [0.3, 0.4) is 0 Å². The molecule has 0 amide bonds. The van der Waals surface area contributed by atoms with Gasteiger partial charge < -0.3 is 10.5 Å². The van der Waals surface area contributed by atoms with Gasteiger partial charge in [0.25, 0.3) is 0 Å². The molecule has 1 aromatic carbocycles. The Kier molecular flexibility index (Phi) is 3.27. The number of nitrogens with two attached hydrogens (primary N) is 1. The Morgan fingerprint density at radius 2 is 2.22 bits per heavy atom. The second-order valence-corrected chi connectivity index (χ2v) is 3.54. The van der Waals surface area contributed by atoms with Crippen LogP contribution in [0.5, 0.6) is 0 Å². The summed E-state index contributed by atoms with van der Waals surface area (Å²) in [5.74, 6) is -0.884. The van der Waals surface area contributed by atoms with Crippen LogP contribution in [0.1, 0.15) is 17.4 Å². The summed E-state index contributed by atoms with van der Waals surface area (Å²) in [7, 11) is 0. The van der Waals surface area contributed by atoms with Crippen LogP contribution in [0.2, 0.25) is 0 Å². The molecule has 2 rings (SSSR count). The molecule has 2 N–H and O–H groups in total. The second-order valence-electron chi connectivity index (χ2n) is 3.54. The molecule has 0 saturated carbocycles. The Labute approximate surface area is 103 Å². The minimum atomic E-state index is -0.584. The van der Waals surface area contributed by atoms with E-state index in [2.05, 4.69) is 5.10 Å². The lowest BCUT2D eigenvalue weighted by Gasteiger charge is -2.04. The smallest absolute Gasteiger partial charge is 0.358 e. The van der Waals surface area contributed by atoms with E-state index >= 15 is 0 Å². The van der Waals surface area contributed by atoms with Crippen LogP contribution in [-0.2, 0) is 4.74 Å². The number of halogens is 1. The van der Waals surface area contributed by atoms with Crippen molar-refractivity contribution in [1.82, 2.24) is 9.78 Å². The van der Waals surface area contributed by atoms with Gasteiger partial charge in [-0.3, -0.25) is 0 Å². The molecular formula is C12H12FN3O2. The van der Waals surface area contributed by atoms with Crippen LogP contribution >= 0.6 is 0 Å². The van der Waals surface area contributed by atoms with E-state index in [9.17, 15) is 9.18 Å². The predicted molar refractivity (Wildman–Crippen MR) is 63.9 cm³/mol. The highest BCUT2D eigenvalue weighted by Crippen LogP contribution is 2.17. The van der Waals surface area contributed by atoms with Gasteiger partial charge in [0, 0.05) is 6.07 Å². The van der Waals surface area contributed by atoms with Gasteiger partial charge in [-0.05, 0) is 19.1 Å². The molecule has 0 fully saturated rings. The first-order chi connectivity index (χ1) is 8.63. The molecule has 0 radical (unpaired) electrons. The third kappa shape index (κ3) is 2.17. The lowest BCUT2D eigenvalue weighted by Crippen LogP contribution is -2.07. The summed E-state index contributed by atoms with van der Waals surface area (Å²) in [5.41, 5.74) is 5.94. The predicted octanol–water partition coefficient (Wildman–Crippen LogP) is 1.77. The molecule has 0 aliphatic rings. The lowest BCUT2D eigenvalue weighted by atomic mass is 10.3. The number of anilines is 1. The highest BCUT2D eigenvalue weighted by molar-refractivity contribution is 5.88. The van der Waals surface area contributed by atoms with Crippen LogP contribution < -0.4 is 5.73 Å². The van der Waals surface area contributed by atoms with E-state index in [1.165, 1.54) is 22.9 Å². The van der Waals surface area contributed by atoms with Gasteiger partial charge in [-0.1, -0.05) is 12.1 Å². The number of carbonyl (C=O) groups is 1. The van der Waals surface area contributed by atoms with E-state index in [-0.39, 0.29) is 23.8 Å². The summed E-state index contributed by atoms with van der Waals surface area (Å²) in [5, 5.41) is 3.94. The third-order valence-electron chi connectivity index (χ3n) is 2.30. The van der Waals surface area contributed by atoms with E-state index in [1.54, 1.807) is 19.1 Å². The van der Waals surface area contributed by atoms with Gasteiger partial charge in [0.1, 0.15) is 17.3 Å². The molecule has 1 heterocycles. The van der Waals surface area contributed by atoms with Crippen LogP contribution in [-0.4, -0.2) is 22.4 Å². The van der Waals surface area contributed by atoms with Crippen molar-refractivity contribution in [2.24, 2.45) is 0 Å². The average Bonchev–Trinajstić information content (AvgIpc) is 2.72. The van der Waals surface area contributed by atoms with Gasteiger partial charge in [-0.2, -0.15) is 5.10 Å². The summed E-state index contributed by atoms with van der Waals surface area (Å²) in [6, 6.07) is 7.38. The number of carbonyl (C=O) groups excluding carboxylic acids is 1. The average molecular weight is 249 g/mol. The quantitative estimate of drug-likeness (QED) is 0.841. The van der Waals surface area contributed by atoms with Gasteiger partial charge in [0.05, 0.1) is 6.61 Å². The Morgan fingerprint density at radius 3 is 2.89 bits per heavy atom. The molecule has 18 heavy (non-hydrogen) atoms. The van der Waals surface area contributed by atoms with E-state index in [1.807, 2.05) is 0 Å². The molecule has 0 bridgehead atoms. The van der Waals surface area contributed by atoms with E-state index in [0.29, 0.717) is 0 Å². The summed E-state index contributed by atoms with van der Waals surface area (Å²) in [4.78, 5) is 11.5. The maximum absolute atomic E-state index is 13.6. The fraction of sp³-hybridized carbons (Fsp3) is 0.167. The summed E-state index contributed by atoms with van der Waals surface area (Å²) in [6.45, 7) is 1.93. The molecular weight excluding hydrogens is 237 g/mol. The van der Waals surface area contributed by atoms with E-state index in [4.69, 9.17) is 10.5 Å². The fourth-order valence-corrected chi connectivity index (χ4v) is 1.52. The number of aromatic nitrogens is 2. The largest absolute Gasteiger partial charge is 0.461 e. The van der Waals surface area contributed by atoms with Crippen molar-refractivity contribution in [3.05, 3.63) is 41.8 Å². The highest BCUT2D eigenvalue weighted by Gasteiger charge is 2.16. The Morgan fingerprint density at radius 1 is 1.50 bits per heavy atom. The van der Waals surface area contributed by atoms with Crippen LogP contribution in [0.4, 0.5) is 10.2 Å². The number of ether oxygens (including phenoxy) is 1. The number of hydrogen-bond donors (Lipinski definition) is 1. The Bertz CT molecular complexity index is 580. The van der Waals surface area contributed by atoms with Crippen molar-refractivity contribution in [3.63, 3.8) is 0 Å². The molecule has 2 aromatic rings. The van der Waals surface area contributed by atoms with Crippen molar-refractivity contribution in [2.45, 2.75) is 6.92 Å². The van der Waals surface area contributed by atoms with Crippen molar-refractivity contribution in [3.8, 4) is 5.69 Å². The first-order valence-electron chi connectivity index (χ1n) is 5.41. The van der Waals surface area contributed by atoms with Crippen LogP contribution in [0.15, 0.2) is 30.3 Å². The molecule has 94 valence electrons. The molecule has 0 aliphatic heterocycles. The number of nitrogens with zero attached hydrogens (tertiary/aromatic N) is 2. The first kappa shape index (κ1) is 12.1. The fourth-order valence-electron chi connectivity index (χ4n) is 1.52. The molecule has 0 spiro atoms. The van der Waals surface area contributed by atoms with Gasteiger partial charge in [-0.25, -0.2) is 13.9 Å². The third-order valence-corrected chi connectivity index (χ3v) is 2.30. The summed E-state index contributed by atoms with van der Waals surface area (Å²) < 4.78 is 19.5. The molecule has 5 nitrogen and oxygen atoms in total. The number of hydrogen-bond acceptors (Lipinski definition) is 4. The molecule has 0 atom stereocenters. The topological polar surface area (TPSA) is 70.1 Å². The minimum absolute atomic E-state index is 0.0533. The van der Waals surface area contributed by atoms with Crippen molar-refractivity contribution in [1.29, 1.82) is 0 Å².